The second-order valence-corrected chi connectivity index (χ2v) is 6.58. The van der Waals surface area contributed by atoms with Crippen LogP contribution < -0.4 is 19.5 Å². The number of hydrogen-bond acceptors (Lipinski definition) is 7. The summed E-state index contributed by atoms with van der Waals surface area (Å²) in [5.74, 6) is 2.14. The molecule has 3 rings (SSSR count). The summed E-state index contributed by atoms with van der Waals surface area (Å²) in [6.45, 7) is 4.28. The third-order valence-electron chi connectivity index (χ3n) is 3.85. The molecule has 8 heteroatoms. The summed E-state index contributed by atoms with van der Waals surface area (Å²) in [4.78, 5) is 16.5. The van der Waals surface area contributed by atoms with E-state index < -0.39 is 0 Å². The fourth-order valence-corrected chi connectivity index (χ4v) is 3.10. The van der Waals surface area contributed by atoms with E-state index in [0.717, 1.165) is 22.7 Å². The summed E-state index contributed by atoms with van der Waals surface area (Å²) < 4.78 is 20.7. The van der Waals surface area contributed by atoms with Crippen molar-refractivity contribution >= 4 is 22.6 Å². The van der Waals surface area contributed by atoms with E-state index in [1.54, 1.807) is 13.2 Å². The largest absolute Gasteiger partial charge is 0.493 e. The number of carbonyl (C=O) groups is 1. The first kappa shape index (κ1) is 19.6. The Balaban J connectivity index is 1.64. The molecule has 3 aromatic rings. The van der Waals surface area contributed by atoms with Gasteiger partial charge >= 0.3 is 0 Å². The minimum Gasteiger partial charge on any atom is -0.493 e. The Morgan fingerprint density at radius 2 is 1.93 bits per heavy atom. The number of ether oxygens (including phenoxy) is 3. The first-order valence-electron chi connectivity index (χ1n) is 8.74. The third kappa shape index (κ3) is 4.77. The standard InChI is InChI=1S/C20H21N3O4S/c1-4-26-16-10-9-14(11-17(16)25-3)19-22-20(28-23-19)21-18(24)12-27-15-8-6-5-7-13(15)2/h5-11H,4,12H2,1-3H3,(H,21,22,23,24). The third-order valence-corrected chi connectivity index (χ3v) is 4.48. The highest BCUT2D eigenvalue weighted by Crippen LogP contribution is 2.32. The molecule has 2 aromatic carbocycles. The molecule has 0 radical (unpaired) electrons. The normalized spacial score (nSPS) is 10.4. The summed E-state index contributed by atoms with van der Waals surface area (Å²) in [6.07, 6.45) is 0. The molecule has 0 aliphatic rings. The molecule has 146 valence electrons. The molecule has 0 saturated heterocycles. The topological polar surface area (TPSA) is 82.6 Å². The number of aryl methyl sites for hydroxylation is 1. The van der Waals surface area contributed by atoms with Crippen LogP contribution in [0.4, 0.5) is 5.13 Å². The number of benzene rings is 2. The monoisotopic (exact) mass is 399 g/mol. The second kappa shape index (κ2) is 9.18. The van der Waals surface area contributed by atoms with Crippen LogP contribution in [0.2, 0.25) is 0 Å². The predicted molar refractivity (Wildman–Crippen MR) is 108 cm³/mol. The highest BCUT2D eigenvalue weighted by Gasteiger charge is 2.13. The number of anilines is 1. The Hall–Kier alpha value is -3.13. The molecule has 1 aromatic heterocycles. The maximum Gasteiger partial charge on any atom is 0.264 e. The molecule has 0 fully saturated rings. The number of aromatic nitrogens is 2. The Kier molecular flexibility index (Phi) is 6.44. The van der Waals surface area contributed by atoms with Gasteiger partial charge in [0.15, 0.2) is 23.9 Å². The highest BCUT2D eigenvalue weighted by molar-refractivity contribution is 7.10. The Bertz CT molecular complexity index is 958. The van der Waals surface area contributed by atoms with Crippen LogP contribution >= 0.6 is 11.5 Å². The van der Waals surface area contributed by atoms with Gasteiger partial charge in [-0.15, -0.1) is 0 Å². The molecule has 1 amide bonds. The van der Waals surface area contributed by atoms with Crippen molar-refractivity contribution in [1.29, 1.82) is 0 Å². The SMILES string of the molecule is CCOc1ccc(-c2nsc(NC(=O)COc3ccccc3C)n2)cc1OC. The van der Waals surface area contributed by atoms with Gasteiger partial charge in [0.2, 0.25) is 5.13 Å². The quantitative estimate of drug-likeness (QED) is 0.618. The predicted octanol–water partition coefficient (Wildman–Crippen LogP) is 3.94. The van der Waals surface area contributed by atoms with Crippen molar-refractivity contribution in [3.05, 3.63) is 48.0 Å². The minimum atomic E-state index is -0.296. The molecule has 0 saturated carbocycles. The van der Waals surface area contributed by atoms with E-state index in [2.05, 4.69) is 14.7 Å². The molecule has 0 spiro atoms. The number of amides is 1. The van der Waals surface area contributed by atoms with Gasteiger partial charge in [0.25, 0.3) is 5.91 Å². The first-order chi connectivity index (χ1) is 13.6. The van der Waals surface area contributed by atoms with Crippen molar-refractivity contribution in [3.63, 3.8) is 0 Å². The van der Waals surface area contributed by atoms with Crippen LogP contribution in [0.25, 0.3) is 11.4 Å². The summed E-state index contributed by atoms with van der Waals surface area (Å²) in [6, 6.07) is 13.0. The molecular formula is C20H21N3O4S. The fraction of sp³-hybridized carbons (Fsp3) is 0.250. The van der Waals surface area contributed by atoms with Crippen LogP contribution in [0.5, 0.6) is 17.2 Å². The van der Waals surface area contributed by atoms with Gasteiger partial charge in [-0.1, -0.05) is 18.2 Å². The molecule has 1 N–H and O–H groups in total. The first-order valence-corrected chi connectivity index (χ1v) is 9.51. The van der Waals surface area contributed by atoms with Gasteiger partial charge in [-0.3, -0.25) is 10.1 Å². The number of hydrogen-bond donors (Lipinski definition) is 1. The molecule has 0 unspecified atom stereocenters. The van der Waals surface area contributed by atoms with E-state index in [1.807, 2.05) is 50.2 Å². The van der Waals surface area contributed by atoms with Crippen LogP contribution in [0.3, 0.4) is 0 Å². The van der Waals surface area contributed by atoms with Crippen LogP contribution in [0.1, 0.15) is 12.5 Å². The van der Waals surface area contributed by atoms with Crippen molar-refractivity contribution in [2.75, 3.05) is 25.6 Å². The van der Waals surface area contributed by atoms with Gasteiger partial charge in [0.05, 0.1) is 13.7 Å². The van der Waals surface area contributed by atoms with E-state index in [-0.39, 0.29) is 12.5 Å². The molecule has 0 bridgehead atoms. The zero-order valence-corrected chi connectivity index (χ0v) is 16.7. The Morgan fingerprint density at radius 3 is 2.68 bits per heavy atom. The fourth-order valence-electron chi connectivity index (χ4n) is 2.49. The van der Waals surface area contributed by atoms with Crippen molar-refractivity contribution in [1.82, 2.24) is 9.36 Å². The Morgan fingerprint density at radius 1 is 1.11 bits per heavy atom. The van der Waals surface area contributed by atoms with Crippen molar-refractivity contribution in [3.8, 4) is 28.6 Å². The van der Waals surface area contributed by atoms with Gasteiger partial charge in [-0.2, -0.15) is 9.36 Å². The maximum absolute atomic E-state index is 12.1. The van der Waals surface area contributed by atoms with Gasteiger partial charge in [0, 0.05) is 17.1 Å². The lowest BCUT2D eigenvalue weighted by atomic mass is 10.2. The van der Waals surface area contributed by atoms with Crippen LogP contribution in [-0.4, -0.2) is 35.6 Å². The number of methoxy groups -OCH3 is 1. The van der Waals surface area contributed by atoms with E-state index in [1.165, 1.54) is 0 Å². The average molecular weight is 399 g/mol. The summed E-state index contributed by atoms with van der Waals surface area (Å²) in [7, 11) is 1.58. The van der Waals surface area contributed by atoms with E-state index in [4.69, 9.17) is 14.2 Å². The zero-order chi connectivity index (χ0) is 19.9. The van der Waals surface area contributed by atoms with Gasteiger partial charge in [-0.05, 0) is 43.7 Å². The van der Waals surface area contributed by atoms with Crippen molar-refractivity contribution in [2.24, 2.45) is 0 Å². The van der Waals surface area contributed by atoms with Crippen LogP contribution in [0, 0.1) is 6.92 Å². The van der Waals surface area contributed by atoms with Crippen molar-refractivity contribution in [2.45, 2.75) is 13.8 Å². The lowest BCUT2D eigenvalue weighted by molar-refractivity contribution is -0.118. The zero-order valence-electron chi connectivity index (χ0n) is 15.9. The average Bonchev–Trinajstić information content (AvgIpc) is 3.16. The number of nitrogens with zero attached hydrogens (tertiary/aromatic N) is 2. The van der Waals surface area contributed by atoms with Gasteiger partial charge < -0.3 is 14.2 Å². The van der Waals surface area contributed by atoms with Crippen LogP contribution in [-0.2, 0) is 4.79 Å². The minimum absolute atomic E-state index is 0.101. The lowest BCUT2D eigenvalue weighted by Crippen LogP contribution is -2.20. The number of rotatable bonds is 8. The molecule has 28 heavy (non-hydrogen) atoms. The second-order valence-electron chi connectivity index (χ2n) is 5.82. The molecular weight excluding hydrogens is 378 g/mol. The molecule has 7 nitrogen and oxygen atoms in total. The smallest absolute Gasteiger partial charge is 0.264 e. The molecule has 0 atom stereocenters. The van der Waals surface area contributed by atoms with E-state index in [0.29, 0.717) is 34.8 Å². The van der Waals surface area contributed by atoms with E-state index >= 15 is 0 Å². The number of carbonyl (C=O) groups excluding carboxylic acids is 1. The van der Waals surface area contributed by atoms with Gasteiger partial charge in [0.1, 0.15) is 5.75 Å². The number of para-hydroxylation sites is 1. The lowest BCUT2D eigenvalue weighted by Gasteiger charge is -2.09. The molecule has 0 aliphatic carbocycles. The Labute approximate surface area is 167 Å². The number of nitrogens with one attached hydrogen (secondary N) is 1. The van der Waals surface area contributed by atoms with E-state index in [9.17, 15) is 4.79 Å². The van der Waals surface area contributed by atoms with Gasteiger partial charge in [-0.25, -0.2) is 0 Å². The molecule has 0 aliphatic heterocycles. The summed E-state index contributed by atoms with van der Waals surface area (Å²) in [5, 5.41) is 3.11. The summed E-state index contributed by atoms with van der Waals surface area (Å²) in [5.41, 5.74) is 1.74. The van der Waals surface area contributed by atoms with Crippen LogP contribution in [0.15, 0.2) is 42.5 Å². The summed E-state index contributed by atoms with van der Waals surface area (Å²) >= 11 is 1.10. The molecule has 1 heterocycles. The maximum atomic E-state index is 12.1. The highest BCUT2D eigenvalue weighted by atomic mass is 32.1. The van der Waals surface area contributed by atoms with Crippen molar-refractivity contribution < 1.29 is 19.0 Å².